The summed E-state index contributed by atoms with van der Waals surface area (Å²) in [7, 11) is -0.982. The topological polar surface area (TPSA) is 72.2 Å². The van der Waals surface area contributed by atoms with Crippen LogP contribution in [0.25, 0.3) is 0 Å². The standard InChI is InChI=1S/C20H26N2O2S.ClH/c1-20(2,3)25(24)14-16-10-7-11-17(12-16)22-19(23)18(21)13-15-8-5-4-6-9-15;/h4-12,18H,13-14,21H2,1-3H3,(H,22,23);1H/t18-,25?;/m0./s1. The van der Waals surface area contributed by atoms with Crippen LogP contribution in [0.3, 0.4) is 0 Å². The van der Waals surface area contributed by atoms with E-state index in [-0.39, 0.29) is 23.1 Å². The molecular weight excluding hydrogens is 368 g/mol. The predicted molar refractivity (Wildman–Crippen MR) is 112 cm³/mol. The second kappa shape index (κ2) is 9.86. The molecule has 6 heteroatoms. The van der Waals surface area contributed by atoms with Crippen molar-refractivity contribution >= 4 is 34.8 Å². The van der Waals surface area contributed by atoms with Gasteiger partial charge in [0.1, 0.15) is 0 Å². The van der Waals surface area contributed by atoms with E-state index in [9.17, 15) is 9.00 Å². The highest BCUT2D eigenvalue weighted by Gasteiger charge is 2.20. The number of nitrogens with one attached hydrogen (secondary N) is 1. The van der Waals surface area contributed by atoms with E-state index in [1.807, 2.05) is 75.4 Å². The van der Waals surface area contributed by atoms with E-state index in [1.165, 1.54) is 0 Å². The SMILES string of the molecule is CC(C)(C)S(=O)Cc1cccc(NC(=O)[C@@H](N)Cc2ccccc2)c1.Cl. The monoisotopic (exact) mass is 394 g/mol. The van der Waals surface area contributed by atoms with Crippen LogP contribution in [0.4, 0.5) is 5.69 Å². The van der Waals surface area contributed by atoms with E-state index in [2.05, 4.69) is 5.32 Å². The number of rotatable bonds is 6. The second-order valence-electron chi connectivity index (χ2n) is 7.09. The Morgan fingerprint density at radius 2 is 1.69 bits per heavy atom. The maximum atomic E-state index is 12.3. The van der Waals surface area contributed by atoms with Gasteiger partial charge in [-0.3, -0.25) is 9.00 Å². The molecule has 0 fully saturated rings. The fourth-order valence-corrected chi connectivity index (χ4v) is 3.22. The first-order valence-corrected chi connectivity index (χ1v) is 9.65. The average molecular weight is 395 g/mol. The van der Waals surface area contributed by atoms with E-state index in [0.717, 1.165) is 11.1 Å². The number of carbonyl (C=O) groups excluding carboxylic acids is 1. The Hall–Kier alpha value is -1.69. The molecule has 1 unspecified atom stereocenters. The summed E-state index contributed by atoms with van der Waals surface area (Å²) in [5.41, 5.74) is 8.65. The fourth-order valence-electron chi connectivity index (χ4n) is 2.30. The van der Waals surface area contributed by atoms with Crippen molar-refractivity contribution in [3.63, 3.8) is 0 Å². The Morgan fingerprint density at radius 1 is 1.08 bits per heavy atom. The minimum atomic E-state index is -0.982. The molecule has 2 atom stereocenters. The van der Waals surface area contributed by atoms with Crippen LogP contribution < -0.4 is 11.1 Å². The number of anilines is 1. The maximum Gasteiger partial charge on any atom is 0.241 e. The lowest BCUT2D eigenvalue weighted by Gasteiger charge is -2.18. The van der Waals surface area contributed by atoms with Gasteiger partial charge >= 0.3 is 0 Å². The highest BCUT2D eigenvalue weighted by molar-refractivity contribution is 7.85. The van der Waals surface area contributed by atoms with Gasteiger partial charge in [0.05, 0.1) is 6.04 Å². The molecule has 0 spiro atoms. The summed E-state index contributed by atoms with van der Waals surface area (Å²) >= 11 is 0. The Labute approximate surface area is 164 Å². The molecule has 0 aliphatic carbocycles. The summed E-state index contributed by atoms with van der Waals surface area (Å²) < 4.78 is 12.0. The van der Waals surface area contributed by atoms with E-state index in [4.69, 9.17) is 5.73 Å². The zero-order valence-corrected chi connectivity index (χ0v) is 17.0. The van der Waals surface area contributed by atoms with Crippen molar-refractivity contribution in [2.24, 2.45) is 5.73 Å². The Morgan fingerprint density at radius 3 is 2.31 bits per heavy atom. The summed E-state index contributed by atoms with van der Waals surface area (Å²) in [6.45, 7) is 5.87. The highest BCUT2D eigenvalue weighted by atomic mass is 35.5. The quantitative estimate of drug-likeness (QED) is 0.785. The minimum absolute atomic E-state index is 0. The number of hydrogen-bond acceptors (Lipinski definition) is 3. The van der Waals surface area contributed by atoms with Crippen molar-refractivity contribution in [2.45, 2.75) is 43.7 Å². The molecule has 0 saturated carbocycles. The van der Waals surface area contributed by atoms with Gasteiger partial charge in [-0.15, -0.1) is 12.4 Å². The number of benzene rings is 2. The van der Waals surface area contributed by atoms with Crippen molar-refractivity contribution in [1.82, 2.24) is 0 Å². The van der Waals surface area contributed by atoms with E-state index in [1.54, 1.807) is 0 Å². The van der Waals surface area contributed by atoms with Crippen LogP contribution in [0.5, 0.6) is 0 Å². The Kier molecular flexibility index (Phi) is 8.47. The lowest BCUT2D eigenvalue weighted by Crippen LogP contribution is -2.37. The van der Waals surface area contributed by atoms with Crippen LogP contribution in [0.1, 0.15) is 31.9 Å². The summed E-state index contributed by atoms with van der Waals surface area (Å²) in [5.74, 6) is 0.237. The third-order valence-electron chi connectivity index (χ3n) is 3.81. The molecule has 0 aliphatic rings. The first-order valence-electron chi connectivity index (χ1n) is 8.33. The van der Waals surface area contributed by atoms with Crippen molar-refractivity contribution in [3.8, 4) is 0 Å². The largest absolute Gasteiger partial charge is 0.325 e. The maximum absolute atomic E-state index is 12.3. The zero-order chi connectivity index (χ0) is 18.4. The third kappa shape index (κ3) is 6.90. The predicted octanol–water partition coefficient (Wildman–Crippen LogP) is 3.66. The molecule has 3 N–H and O–H groups in total. The van der Waals surface area contributed by atoms with Crippen molar-refractivity contribution in [2.75, 3.05) is 5.32 Å². The summed E-state index contributed by atoms with van der Waals surface area (Å²) in [6, 6.07) is 16.5. The average Bonchev–Trinajstić information content (AvgIpc) is 2.55. The molecule has 2 rings (SSSR count). The van der Waals surface area contributed by atoms with Gasteiger partial charge in [-0.1, -0.05) is 42.5 Å². The van der Waals surface area contributed by atoms with Crippen LogP contribution >= 0.6 is 12.4 Å². The van der Waals surface area contributed by atoms with Gasteiger partial charge in [0.25, 0.3) is 0 Å². The molecule has 142 valence electrons. The molecule has 0 saturated heterocycles. The van der Waals surface area contributed by atoms with Gasteiger partial charge in [0.15, 0.2) is 0 Å². The van der Waals surface area contributed by atoms with E-state index >= 15 is 0 Å². The number of amides is 1. The molecule has 2 aromatic rings. The van der Waals surface area contributed by atoms with Crippen LogP contribution in [0, 0.1) is 0 Å². The van der Waals surface area contributed by atoms with Crippen LogP contribution in [0.15, 0.2) is 54.6 Å². The Bertz CT molecular complexity index is 745. The number of carbonyl (C=O) groups is 1. The van der Waals surface area contributed by atoms with Crippen molar-refractivity contribution < 1.29 is 9.00 Å². The molecule has 0 heterocycles. The molecule has 2 aromatic carbocycles. The van der Waals surface area contributed by atoms with Crippen molar-refractivity contribution in [1.29, 1.82) is 0 Å². The molecule has 0 radical (unpaired) electrons. The van der Waals surface area contributed by atoms with E-state index < -0.39 is 16.8 Å². The Balaban J connectivity index is 0.00000338. The van der Waals surface area contributed by atoms with Gasteiger partial charge in [-0.05, 0) is 50.5 Å². The van der Waals surface area contributed by atoms with E-state index in [0.29, 0.717) is 17.9 Å². The fraction of sp³-hybridized carbons (Fsp3) is 0.350. The molecule has 0 bridgehead atoms. The molecule has 26 heavy (non-hydrogen) atoms. The molecule has 1 amide bonds. The molecule has 0 aliphatic heterocycles. The van der Waals surface area contributed by atoms with Crippen LogP contribution in [-0.4, -0.2) is 20.9 Å². The summed E-state index contributed by atoms with van der Waals surface area (Å²) in [5, 5.41) is 2.85. The normalized spacial score (nSPS) is 13.4. The number of nitrogens with two attached hydrogens (primary N) is 1. The molecule has 0 aromatic heterocycles. The van der Waals surface area contributed by atoms with Gasteiger partial charge in [-0.2, -0.15) is 0 Å². The van der Waals surface area contributed by atoms with Gasteiger partial charge in [0.2, 0.25) is 5.91 Å². The first kappa shape index (κ1) is 22.4. The van der Waals surface area contributed by atoms with Gasteiger partial charge < -0.3 is 11.1 Å². The van der Waals surface area contributed by atoms with Crippen LogP contribution in [-0.2, 0) is 27.8 Å². The number of halogens is 1. The van der Waals surface area contributed by atoms with Crippen LogP contribution in [0.2, 0.25) is 0 Å². The lowest BCUT2D eigenvalue weighted by molar-refractivity contribution is -0.117. The smallest absolute Gasteiger partial charge is 0.241 e. The van der Waals surface area contributed by atoms with Crippen molar-refractivity contribution in [3.05, 3.63) is 65.7 Å². The second-order valence-corrected chi connectivity index (χ2v) is 9.29. The van der Waals surface area contributed by atoms with Gasteiger partial charge in [0, 0.05) is 27.0 Å². The molecular formula is C20H27ClN2O2S. The molecule has 4 nitrogen and oxygen atoms in total. The zero-order valence-electron chi connectivity index (χ0n) is 15.4. The minimum Gasteiger partial charge on any atom is -0.325 e. The van der Waals surface area contributed by atoms with Gasteiger partial charge in [-0.25, -0.2) is 0 Å². The summed E-state index contributed by atoms with van der Waals surface area (Å²) in [4.78, 5) is 12.3. The lowest BCUT2D eigenvalue weighted by atomic mass is 10.1. The first-order chi connectivity index (χ1) is 11.8. The number of hydrogen-bond donors (Lipinski definition) is 2. The summed E-state index contributed by atoms with van der Waals surface area (Å²) in [6.07, 6.45) is 0.487. The highest BCUT2D eigenvalue weighted by Crippen LogP contribution is 2.19. The third-order valence-corrected chi connectivity index (χ3v) is 5.77.